The molecule has 2 heterocycles. The minimum atomic E-state index is -0.786. The summed E-state index contributed by atoms with van der Waals surface area (Å²) in [4.78, 5) is 8.91. The van der Waals surface area contributed by atoms with Gasteiger partial charge >= 0.3 is 0 Å². The Kier molecular flexibility index (Phi) is 5.59. The van der Waals surface area contributed by atoms with E-state index in [9.17, 15) is 13.2 Å². The minimum absolute atomic E-state index is 0.0635. The molecule has 0 aliphatic rings. The fraction of sp³-hybridized carbons (Fsp3) is 0.0800. The number of nitrogens with two attached hydrogens (primary N) is 1. The number of hydrogen-bond donors (Lipinski definition) is 2. The summed E-state index contributed by atoms with van der Waals surface area (Å²) in [5, 5.41) is 7.90. The lowest BCUT2D eigenvalue weighted by molar-refractivity contribution is 0.585. The Morgan fingerprint density at radius 3 is 2.35 bits per heavy atom. The topological polar surface area (TPSA) is 81.7 Å². The van der Waals surface area contributed by atoms with Gasteiger partial charge < -0.3 is 11.1 Å². The largest absolute Gasteiger partial charge is 0.383 e. The summed E-state index contributed by atoms with van der Waals surface area (Å²) >= 11 is 0. The van der Waals surface area contributed by atoms with Crippen LogP contribution in [0.25, 0.3) is 22.3 Å². The fourth-order valence-electron chi connectivity index (χ4n) is 3.71. The summed E-state index contributed by atoms with van der Waals surface area (Å²) in [6.07, 6.45) is 0. The van der Waals surface area contributed by atoms with Gasteiger partial charge in [-0.3, -0.25) is 0 Å². The van der Waals surface area contributed by atoms with Gasteiger partial charge in [0.1, 0.15) is 23.3 Å². The smallest absolute Gasteiger partial charge is 0.225 e. The molecule has 3 N–H and O–H groups in total. The standard InChI is InChI=1S/C25H19F3N6/c26-17-8-4-7-16(11-17)13-30-25-31-22(19-10-9-18(27)12-20(19)28)21-23(29)34(33-24(21)32-25)14-15-5-2-1-3-6-15/h1-12H,13-14,29H2,(H,30,32,33). The Labute approximate surface area is 192 Å². The zero-order valence-corrected chi connectivity index (χ0v) is 17.8. The zero-order chi connectivity index (χ0) is 23.7. The van der Waals surface area contributed by atoms with Gasteiger partial charge in [0.2, 0.25) is 5.95 Å². The molecule has 3 aromatic carbocycles. The number of aromatic nitrogens is 4. The summed E-state index contributed by atoms with van der Waals surface area (Å²) in [5.41, 5.74) is 8.54. The van der Waals surface area contributed by atoms with Crippen molar-refractivity contribution in [3.63, 3.8) is 0 Å². The maximum absolute atomic E-state index is 14.7. The van der Waals surface area contributed by atoms with Crippen LogP contribution >= 0.6 is 0 Å². The lowest BCUT2D eigenvalue weighted by atomic mass is 10.1. The first-order valence-corrected chi connectivity index (χ1v) is 10.5. The van der Waals surface area contributed by atoms with Crippen LogP contribution in [0.5, 0.6) is 0 Å². The molecule has 0 bridgehead atoms. The molecule has 2 aromatic heterocycles. The highest BCUT2D eigenvalue weighted by atomic mass is 19.1. The van der Waals surface area contributed by atoms with Gasteiger partial charge in [-0.15, -0.1) is 5.10 Å². The Bertz CT molecular complexity index is 1480. The molecule has 0 atom stereocenters. The third kappa shape index (κ3) is 4.27. The molecule has 0 fully saturated rings. The Morgan fingerprint density at radius 1 is 0.824 bits per heavy atom. The van der Waals surface area contributed by atoms with E-state index in [-0.39, 0.29) is 41.0 Å². The highest BCUT2D eigenvalue weighted by molar-refractivity contribution is 5.99. The normalized spacial score (nSPS) is 11.1. The predicted octanol–water partition coefficient (Wildman–Crippen LogP) is 5.15. The van der Waals surface area contributed by atoms with Gasteiger partial charge in [-0.25, -0.2) is 22.8 Å². The van der Waals surface area contributed by atoms with Gasteiger partial charge in [-0.1, -0.05) is 42.5 Å². The van der Waals surface area contributed by atoms with Crippen LogP contribution in [0.4, 0.5) is 24.9 Å². The first-order valence-electron chi connectivity index (χ1n) is 10.5. The number of hydrogen-bond acceptors (Lipinski definition) is 5. The van der Waals surface area contributed by atoms with Crippen molar-refractivity contribution >= 4 is 22.8 Å². The van der Waals surface area contributed by atoms with Crippen LogP contribution in [0.3, 0.4) is 0 Å². The summed E-state index contributed by atoms with van der Waals surface area (Å²) < 4.78 is 43.4. The van der Waals surface area contributed by atoms with E-state index in [1.54, 1.807) is 16.8 Å². The molecule has 0 aliphatic carbocycles. The van der Waals surface area contributed by atoms with Gasteiger partial charge in [-0.2, -0.15) is 4.98 Å². The van der Waals surface area contributed by atoms with Crippen molar-refractivity contribution in [2.75, 3.05) is 11.1 Å². The first kappa shape index (κ1) is 21.4. The van der Waals surface area contributed by atoms with Gasteiger partial charge in [0, 0.05) is 18.2 Å². The van der Waals surface area contributed by atoms with Crippen molar-refractivity contribution in [3.8, 4) is 11.3 Å². The highest BCUT2D eigenvalue weighted by Crippen LogP contribution is 2.33. The summed E-state index contributed by atoms with van der Waals surface area (Å²) in [6, 6.07) is 18.9. The Morgan fingerprint density at radius 2 is 1.59 bits per heavy atom. The highest BCUT2D eigenvalue weighted by Gasteiger charge is 2.21. The van der Waals surface area contributed by atoms with Crippen LogP contribution in [-0.2, 0) is 13.1 Å². The second kappa shape index (κ2) is 8.86. The number of halogens is 3. The van der Waals surface area contributed by atoms with Crippen LogP contribution in [0.15, 0.2) is 72.8 Å². The minimum Gasteiger partial charge on any atom is -0.383 e. The van der Waals surface area contributed by atoms with E-state index in [0.717, 1.165) is 17.7 Å². The van der Waals surface area contributed by atoms with Crippen LogP contribution in [0, 0.1) is 17.5 Å². The average Bonchev–Trinajstić information content (AvgIpc) is 3.13. The molecule has 170 valence electrons. The molecular weight excluding hydrogens is 441 g/mol. The second-order valence-corrected chi connectivity index (χ2v) is 7.73. The molecule has 0 radical (unpaired) electrons. The van der Waals surface area contributed by atoms with Crippen molar-refractivity contribution in [3.05, 3.63) is 101 Å². The van der Waals surface area contributed by atoms with Gasteiger partial charge in [0.05, 0.1) is 17.6 Å². The molecule has 0 saturated carbocycles. The molecule has 9 heteroatoms. The van der Waals surface area contributed by atoms with Crippen molar-refractivity contribution in [1.29, 1.82) is 0 Å². The van der Waals surface area contributed by atoms with Gasteiger partial charge in [0.25, 0.3) is 0 Å². The van der Waals surface area contributed by atoms with Crippen LogP contribution in [-0.4, -0.2) is 19.7 Å². The van der Waals surface area contributed by atoms with E-state index < -0.39 is 11.6 Å². The maximum atomic E-state index is 14.7. The van der Waals surface area contributed by atoms with E-state index >= 15 is 0 Å². The van der Waals surface area contributed by atoms with E-state index in [0.29, 0.717) is 17.5 Å². The molecule has 34 heavy (non-hydrogen) atoms. The first-order chi connectivity index (χ1) is 16.5. The lowest BCUT2D eigenvalue weighted by Crippen LogP contribution is -2.06. The molecule has 5 rings (SSSR count). The molecule has 5 aromatic rings. The number of rotatable bonds is 6. The zero-order valence-electron chi connectivity index (χ0n) is 17.8. The van der Waals surface area contributed by atoms with E-state index in [4.69, 9.17) is 5.73 Å². The number of benzene rings is 3. The molecule has 0 spiro atoms. The quantitative estimate of drug-likeness (QED) is 0.366. The second-order valence-electron chi connectivity index (χ2n) is 7.73. The number of nitrogen functional groups attached to an aromatic ring is 1. The van der Waals surface area contributed by atoms with Crippen LogP contribution in [0.2, 0.25) is 0 Å². The Hall–Kier alpha value is -4.40. The number of fused-ring (bicyclic) bond motifs is 1. The van der Waals surface area contributed by atoms with Crippen LogP contribution in [0.1, 0.15) is 11.1 Å². The van der Waals surface area contributed by atoms with Crippen molar-refractivity contribution in [1.82, 2.24) is 19.7 Å². The van der Waals surface area contributed by atoms with Gasteiger partial charge in [0.15, 0.2) is 5.65 Å². The molecular formula is C25H19F3N6. The molecule has 0 unspecified atom stereocenters. The Balaban J connectivity index is 1.61. The predicted molar refractivity (Wildman–Crippen MR) is 124 cm³/mol. The monoisotopic (exact) mass is 460 g/mol. The van der Waals surface area contributed by atoms with Gasteiger partial charge in [-0.05, 0) is 35.4 Å². The molecule has 6 nitrogen and oxygen atoms in total. The average molecular weight is 460 g/mol. The summed E-state index contributed by atoms with van der Waals surface area (Å²) in [7, 11) is 0. The van der Waals surface area contributed by atoms with Crippen molar-refractivity contribution in [2.45, 2.75) is 13.1 Å². The molecule has 0 amide bonds. The summed E-state index contributed by atoms with van der Waals surface area (Å²) in [6.45, 7) is 0.606. The molecule has 0 saturated heterocycles. The number of anilines is 2. The van der Waals surface area contributed by atoms with Crippen molar-refractivity contribution in [2.24, 2.45) is 0 Å². The van der Waals surface area contributed by atoms with Crippen molar-refractivity contribution < 1.29 is 13.2 Å². The van der Waals surface area contributed by atoms with E-state index in [2.05, 4.69) is 20.4 Å². The summed E-state index contributed by atoms with van der Waals surface area (Å²) in [5.74, 6) is -1.44. The third-order valence-corrected chi connectivity index (χ3v) is 5.34. The lowest BCUT2D eigenvalue weighted by Gasteiger charge is -2.10. The molecule has 0 aliphatic heterocycles. The third-order valence-electron chi connectivity index (χ3n) is 5.34. The van der Waals surface area contributed by atoms with E-state index in [1.807, 2.05) is 30.3 Å². The number of nitrogens with one attached hydrogen (secondary N) is 1. The van der Waals surface area contributed by atoms with E-state index in [1.165, 1.54) is 18.2 Å². The van der Waals surface area contributed by atoms with Crippen LogP contribution < -0.4 is 11.1 Å². The fourth-order valence-corrected chi connectivity index (χ4v) is 3.71. The number of nitrogens with zero attached hydrogens (tertiary/aromatic N) is 4. The maximum Gasteiger partial charge on any atom is 0.225 e. The SMILES string of the molecule is Nc1c2c(-c3ccc(F)cc3F)nc(NCc3cccc(F)c3)nc2nn1Cc1ccccc1.